The van der Waals surface area contributed by atoms with Gasteiger partial charge in [-0.2, -0.15) is 0 Å². The molecule has 0 saturated carbocycles. The summed E-state index contributed by atoms with van der Waals surface area (Å²) < 4.78 is 5.89. The van der Waals surface area contributed by atoms with Crippen LogP contribution in [-0.4, -0.2) is 34.8 Å². The van der Waals surface area contributed by atoms with Crippen LogP contribution in [0.15, 0.2) is 18.5 Å². The first-order valence-corrected chi connectivity index (χ1v) is 6.17. The molecule has 4 nitrogen and oxygen atoms in total. The van der Waals surface area contributed by atoms with Crippen LogP contribution in [0.3, 0.4) is 0 Å². The number of nitrogens with zero attached hydrogens (tertiary/aromatic N) is 3. The van der Waals surface area contributed by atoms with Crippen molar-refractivity contribution in [1.29, 1.82) is 0 Å². The summed E-state index contributed by atoms with van der Waals surface area (Å²) >= 11 is 0. The lowest BCUT2D eigenvalue weighted by Gasteiger charge is -2.45. The summed E-state index contributed by atoms with van der Waals surface area (Å²) in [5.41, 5.74) is -0.134. The summed E-state index contributed by atoms with van der Waals surface area (Å²) in [5.74, 6) is 1.33. The quantitative estimate of drug-likeness (QED) is 0.787. The Morgan fingerprint density at radius 3 is 2.59 bits per heavy atom. The first kappa shape index (κ1) is 12.3. The molecule has 1 unspecified atom stereocenters. The molecule has 0 N–H and O–H groups in total. The molecule has 1 aromatic rings. The van der Waals surface area contributed by atoms with Crippen molar-refractivity contribution in [3.63, 3.8) is 0 Å². The van der Waals surface area contributed by atoms with Gasteiger partial charge < -0.3 is 9.64 Å². The summed E-state index contributed by atoms with van der Waals surface area (Å²) in [6, 6.07) is 2.20. The minimum atomic E-state index is -0.134. The van der Waals surface area contributed by atoms with Crippen molar-refractivity contribution < 1.29 is 4.74 Å². The van der Waals surface area contributed by atoms with Crippen molar-refractivity contribution in [2.24, 2.45) is 5.92 Å². The van der Waals surface area contributed by atoms with E-state index in [0.29, 0.717) is 12.0 Å². The van der Waals surface area contributed by atoms with Crippen LogP contribution >= 0.6 is 0 Å². The predicted octanol–water partition coefficient (Wildman–Crippen LogP) is 2.12. The Labute approximate surface area is 103 Å². The highest BCUT2D eigenvalue weighted by Crippen LogP contribution is 2.27. The van der Waals surface area contributed by atoms with E-state index < -0.39 is 0 Å². The predicted molar refractivity (Wildman–Crippen MR) is 68.0 cm³/mol. The Hall–Kier alpha value is -1.16. The molecule has 17 heavy (non-hydrogen) atoms. The zero-order valence-electron chi connectivity index (χ0n) is 11.1. The fourth-order valence-corrected chi connectivity index (χ4v) is 2.18. The molecular formula is C13H21N3O. The second-order valence-corrected chi connectivity index (χ2v) is 5.56. The number of hydrogen-bond acceptors (Lipinski definition) is 4. The summed E-state index contributed by atoms with van der Waals surface area (Å²) in [4.78, 5) is 11.0. The van der Waals surface area contributed by atoms with E-state index in [1.54, 1.807) is 12.4 Å². The van der Waals surface area contributed by atoms with E-state index in [4.69, 9.17) is 4.74 Å². The van der Waals surface area contributed by atoms with E-state index in [1.807, 2.05) is 6.07 Å². The third kappa shape index (κ3) is 2.75. The third-order valence-corrected chi connectivity index (χ3v) is 3.17. The van der Waals surface area contributed by atoms with Gasteiger partial charge in [-0.1, -0.05) is 13.8 Å². The molecule has 4 heteroatoms. The molecule has 1 aromatic heterocycles. The van der Waals surface area contributed by atoms with Gasteiger partial charge in [0.1, 0.15) is 0 Å². The van der Waals surface area contributed by atoms with Crippen molar-refractivity contribution in [2.45, 2.75) is 39.3 Å². The van der Waals surface area contributed by atoms with Crippen LogP contribution < -0.4 is 4.90 Å². The van der Waals surface area contributed by atoms with Crippen LogP contribution in [0.4, 0.5) is 5.95 Å². The summed E-state index contributed by atoms with van der Waals surface area (Å²) in [7, 11) is 0. The van der Waals surface area contributed by atoms with Crippen molar-refractivity contribution in [2.75, 3.05) is 18.1 Å². The molecule has 2 rings (SSSR count). The topological polar surface area (TPSA) is 38.2 Å². The van der Waals surface area contributed by atoms with E-state index in [0.717, 1.165) is 19.1 Å². The lowest BCUT2D eigenvalue weighted by atomic mass is 9.97. The van der Waals surface area contributed by atoms with Crippen LogP contribution in [0.2, 0.25) is 0 Å². The first-order chi connectivity index (χ1) is 7.99. The number of anilines is 1. The maximum Gasteiger partial charge on any atom is 0.225 e. The van der Waals surface area contributed by atoms with Gasteiger partial charge in [0.05, 0.1) is 18.2 Å². The van der Waals surface area contributed by atoms with Crippen LogP contribution in [0.1, 0.15) is 27.7 Å². The zero-order chi connectivity index (χ0) is 12.5. The average molecular weight is 235 g/mol. The van der Waals surface area contributed by atoms with Gasteiger partial charge in [0.2, 0.25) is 5.95 Å². The fraction of sp³-hybridized carbons (Fsp3) is 0.692. The zero-order valence-corrected chi connectivity index (χ0v) is 11.1. The Kier molecular flexibility index (Phi) is 3.33. The van der Waals surface area contributed by atoms with Crippen molar-refractivity contribution in [1.82, 2.24) is 9.97 Å². The van der Waals surface area contributed by atoms with Crippen LogP contribution in [-0.2, 0) is 4.74 Å². The maximum atomic E-state index is 5.89. The van der Waals surface area contributed by atoms with Crippen LogP contribution in [0.5, 0.6) is 0 Å². The SMILES string of the molecule is CC(C)C1COC(C)(C)CN1c1ncccn1. The van der Waals surface area contributed by atoms with E-state index in [9.17, 15) is 0 Å². The molecule has 1 aliphatic rings. The van der Waals surface area contributed by atoms with Gasteiger partial charge in [0.25, 0.3) is 0 Å². The van der Waals surface area contributed by atoms with Crippen LogP contribution in [0.25, 0.3) is 0 Å². The molecule has 2 heterocycles. The molecular weight excluding hydrogens is 214 g/mol. The number of rotatable bonds is 2. The van der Waals surface area contributed by atoms with Gasteiger partial charge in [0.15, 0.2) is 0 Å². The normalized spacial score (nSPS) is 24.1. The van der Waals surface area contributed by atoms with Gasteiger partial charge in [-0.3, -0.25) is 0 Å². The van der Waals surface area contributed by atoms with E-state index in [2.05, 4.69) is 42.6 Å². The van der Waals surface area contributed by atoms with Crippen molar-refractivity contribution >= 4 is 5.95 Å². The average Bonchev–Trinajstić information content (AvgIpc) is 2.28. The second-order valence-electron chi connectivity index (χ2n) is 5.56. The lowest BCUT2D eigenvalue weighted by molar-refractivity contribution is -0.0517. The highest BCUT2D eigenvalue weighted by molar-refractivity contribution is 5.33. The van der Waals surface area contributed by atoms with Gasteiger partial charge in [0, 0.05) is 18.9 Å². The molecule has 0 spiro atoms. The van der Waals surface area contributed by atoms with Gasteiger partial charge >= 0.3 is 0 Å². The Bertz CT molecular complexity index is 364. The first-order valence-electron chi connectivity index (χ1n) is 6.17. The van der Waals surface area contributed by atoms with Crippen LogP contribution in [0, 0.1) is 5.92 Å². The van der Waals surface area contributed by atoms with Gasteiger partial charge in [-0.25, -0.2) is 9.97 Å². The number of hydrogen-bond donors (Lipinski definition) is 0. The van der Waals surface area contributed by atoms with E-state index in [-0.39, 0.29) is 5.60 Å². The largest absolute Gasteiger partial charge is 0.372 e. The Balaban J connectivity index is 2.26. The second kappa shape index (κ2) is 4.61. The van der Waals surface area contributed by atoms with E-state index in [1.165, 1.54) is 0 Å². The minimum Gasteiger partial charge on any atom is -0.372 e. The standard InChI is InChI=1S/C13H21N3O/c1-10(2)11-8-17-13(3,4)9-16(11)12-14-6-5-7-15-12/h5-7,10-11H,8-9H2,1-4H3. The molecule has 0 aromatic carbocycles. The summed E-state index contributed by atoms with van der Waals surface area (Å²) in [6.45, 7) is 10.2. The molecule has 1 atom stereocenters. The highest BCUT2D eigenvalue weighted by atomic mass is 16.5. The minimum absolute atomic E-state index is 0.134. The molecule has 1 fully saturated rings. The van der Waals surface area contributed by atoms with Crippen molar-refractivity contribution in [3.05, 3.63) is 18.5 Å². The number of ether oxygens (including phenoxy) is 1. The summed E-state index contributed by atoms with van der Waals surface area (Å²) in [5, 5.41) is 0. The maximum absolute atomic E-state index is 5.89. The monoisotopic (exact) mass is 235 g/mol. The van der Waals surface area contributed by atoms with Gasteiger partial charge in [-0.05, 0) is 25.8 Å². The molecule has 0 radical (unpaired) electrons. The molecule has 1 saturated heterocycles. The van der Waals surface area contributed by atoms with E-state index >= 15 is 0 Å². The fourth-order valence-electron chi connectivity index (χ4n) is 2.18. The highest BCUT2D eigenvalue weighted by Gasteiger charge is 2.36. The van der Waals surface area contributed by atoms with Crippen molar-refractivity contribution in [3.8, 4) is 0 Å². The summed E-state index contributed by atoms with van der Waals surface area (Å²) in [6.07, 6.45) is 3.59. The molecule has 0 bridgehead atoms. The number of aromatic nitrogens is 2. The number of morpholine rings is 1. The lowest BCUT2D eigenvalue weighted by Crippen LogP contribution is -2.56. The van der Waals surface area contributed by atoms with Gasteiger partial charge in [-0.15, -0.1) is 0 Å². The molecule has 0 amide bonds. The smallest absolute Gasteiger partial charge is 0.225 e. The molecule has 0 aliphatic carbocycles. The molecule has 94 valence electrons. The third-order valence-electron chi connectivity index (χ3n) is 3.17. The molecule has 1 aliphatic heterocycles. The Morgan fingerprint density at radius 1 is 1.35 bits per heavy atom. The Morgan fingerprint density at radius 2 is 2.00 bits per heavy atom.